The molecule has 0 fully saturated rings. The van der Waals surface area contributed by atoms with Gasteiger partial charge in [-0.15, -0.1) is 0 Å². The number of amides is 1. The number of halogens is 1. The molecule has 5 heteroatoms. The molecule has 0 bridgehead atoms. The average Bonchev–Trinajstić information content (AvgIpc) is 2.89. The molecule has 0 aliphatic heterocycles. The van der Waals surface area contributed by atoms with Crippen molar-refractivity contribution >= 4 is 28.1 Å². The molecule has 0 spiro atoms. The Morgan fingerprint density at radius 3 is 2.50 bits per heavy atom. The van der Waals surface area contributed by atoms with Crippen LogP contribution in [-0.4, -0.2) is 16.7 Å². The highest BCUT2D eigenvalue weighted by molar-refractivity contribution is 9.10. The second-order valence-electron chi connectivity index (χ2n) is 6.21. The van der Waals surface area contributed by atoms with E-state index >= 15 is 0 Å². The van der Waals surface area contributed by atoms with Crippen molar-refractivity contribution in [1.29, 1.82) is 0 Å². The van der Waals surface area contributed by atoms with E-state index in [0.29, 0.717) is 5.56 Å². The van der Waals surface area contributed by atoms with Crippen LogP contribution in [0, 0.1) is 20.8 Å². The van der Waals surface area contributed by atoms with Gasteiger partial charge in [0, 0.05) is 32.7 Å². The predicted octanol–water partition coefficient (Wildman–Crippen LogP) is 4.93. The maximum absolute atomic E-state index is 12.1. The molecule has 0 unspecified atom stereocenters. The van der Waals surface area contributed by atoms with Crippen molar-refractivity contribution in [2.75, 3.05) is 0 Å². The van der Waals surface area contributed by atoms with Crippen molar-refractivity contribution in [3.05, 3.63) is 87.1 Å². The van der Waals surface area contributed by atoms with Crippen molar-refractivity contribution in [3.8, 4) is 5.69 Å². The van der Waals surface area contributed by atoms with E-state index in [9.17, 15) is 4.79 Å². The molecule has 0 saturated heterocycles. The molecule has 3 rings (SSSR count). The van der Waals surface area contributed by atoms with E-state index < -0.39 is 0 Å². The fraction of sp³-hybridized carbons (Fsp3) is 0.143. The van der Waals surface area contributed by atoms with Crippen LogP contribution < -0.4 is 5.43 Å². The fourth-order valence-corrected chi connectivity index (χ4v) is 3.26. The van der Waals surface area contributed by atoms with Crippen molar-refractivity contribution in [2.24, 2.45) is 5.10 Å². The van der Waals surface area contributed by atoms with E-state index in [-0.39, 0.29) is 5.91 Å². The lowest BCUT2D eigenvalue weighted by Gasteiger charge is -2.09. The zero-order valence-corrected chi connectivity index (χ0v) is 16.5. The lowest BCUT2D eigenvalue weighted by Crippen LogP contribution is -2.17. The first-order valence-electron chi connectivity index (χ1n) is 8.30. The van der Waals surface area contributed by atoms with Crippen LogP contribution in [0.3, 0.4) is 0 Å². The first-order valence-corrected chi connectivity index (χ1v) is 9.10. The number of carbonyl (C=O) groups is 1. The second-order valence-corrected chi connectivity index (χ2v) is 7.12. The molecule has 2 aromatic carbocycles. The summed E-state index contributed by atoms with van der Waals surface area (Å²) in [6.07, 6.45) is 1.68. The summed E-state index contributed by atoms with van der Waals surface area (Å²) in [6.45, 7) is 6.18. The topological polar surface area (TPSA) is 46.4 Å². The Morgan fingerprint density at radius 1 is 1.08 bits per heavy atom. The molecule has 0 aliphatic carbocycles. The van der Waals surface area contributed by atoms with Crippen LogP contribution in [0.5, 0.6) is 0 Å². The van der Waals surface area contributed by atoms with Crippen LogP contribution in [0.25, 0.3) is 5.69 Å². The van der Waals surface area contributed by atoms with Gasteiger partial charge in [-0.2, -0.15) is 5.10 Å². The molecular formula is C21H20BrN3O. The Morgan fingerprint density at radius 2 is 1.81 bits per heavy atom. The quantitative estimate of drug-likeness (QED) is 0.481. The Hall–Kier alpha value is -2.66. The minimum atomic E-state index is -0.241. The number of carbonyl (C=O) groups excluding carboxylic acids is 1. The van der Waals surface area contributed by atoms with Gasteiger partial charge in [0.25, 0.3) is 5.91 Å². The molecule has 0 aliphatic rings. The summed E-state index contributed by atoms with van der Waals surface area (Å²) in [7, 11) is 0. The predicted molar refractivity (Wildman–Crippen MR) is 109 cm³/mol. The Balaban J connectivity index is 1.78. The van der Waals surface area contributed by atoms with E-state index in [1.807, 2.05) is 19.1 Å². The minimum Gasteiger partial charge on any atom is -0.318 e. The normalized spacial score (nSPS) is 11.1. The molecule has 1 N–H and O–H groups in total. The molecule has 132 valence electrons. The van der Waals surface area contributed by atoms with Crippen molar-refractivity contribution < 1.29 is 4.79 Å². The highest BCUT2D eigenvalue weighted by Crippen LogP contribution is 2.20. The lowest BCUT2D eigenvalue weighted by molar-refractivity contribution is 0.0955. The largest absolute Gasteiger partial charge is 0.318 e. The molecule has 3 aromatic rings. The Bertz CT molecular complexity index is 971. The molecule has 26 heavy (non-hydrogen) atoms. The first kappa shape index (κ1) is 18.1. The van der Waals surface area contributed by atoms with E-state index in [0.717, 1.165) is 27.1 Å². The number of rotatable bonds is 4. The Labute approximate surface area is 161 Å². The van der Waals surface area contributed by atoms with E-state index in [2.05, 4.69) is 75.2 Å². The van der Waals surface area contributed by atoms with Gasteiger partial charge in [-0.25, -0.2) is 5.43 Å². The van der Waals surface area contributed by atoms with E-state index in [1.165, 1.54) is 5.56 Å². The van der Waals surface area contributed by atoms with Crippen molar-refractivity contribution in [2.45, 2.75) is 20.8 Å². The van der Waals surface area contributed by atoms with Crippen LogP contribution in [0.2, 0.25) is 0 Å². The summed E-state index contributed by atoms with van der Waals surface area (Å²) in [6, 6.07) is 17.7. The number of benzene rings is 2. The number of aryl methyl sites for hydroxylation is 2. The fourth-order valence-electron chi connectivity index (χ4n) is 2.86. The number of nitrogens with zero attached hydrogens (tertiary/aromatic N) is 2. The van der Waals surface area contributed by atoms with E-state index in [1.54, 1.807) is 18.3 Å². The third kappa shape index (κ3) is 3.94. The highest BCUT2D eigenvalue weighted by Gasteiger charge is 2.09. The molecule has 0 radical (unpaired) electrons. The first-order chi connectivity index (χ1) is 12.5. The molecule has 0 saturated carbocycles. The number of hydrogen-bond acceptors (Lipinski definition) is 2. The van der Waals surface area contributed by atoms with Gasteiger partial charge in [-0.1, -0.05) is 39.7 Å². The van der Waals surface area contributed by atoms with Crippen molar-refractivity contribution in [3.63, 3.8) is 0 Å². The molecule has 1 amide bonds. The standard InChI is InChI=1S/C21H20BrN3O/c1-14-7-9-20(10-8-14)25-15(2)11-18(16(25)3)13-23-24-21(26)17-5-4-6-19(22)12-17/h4-13H,1-3H3,(H,24,26)/b23-13-. The summed E-state index contributed by atoms with van der Waals surface area (Å²) in [4.78, 5) is 12.1. The third-order valence-corrected chi connectivity index (χ3v) is 4.71. The maximum atomic E-state index is 12.1. The molecule has 0 atom stereocenters. The SMILES string of the molecule is Cc1ccc(-n2c(C)cc(/C=N\NC(=O)c3cccc(Br)c3)c2C)cc1. The summed E-state index contributed by atoms with van der Waals surface area (Å²) < 4.78 is 3.03. The third-order valence-electron chi connectivity index (χ3n) is 4.22. The zero-order chi connectivity index (χ0) is 18.7. The maximum Gasteiger partial charge on any atom is 0.271 e. The monoisotopic (exact) mass is 409 g/mol. The lowest BCUT2D eigenvalue weighted by atomic mass is 10.2. The summed E-state index contributed by atoms with van der Waals surface area (Å²) in [5.41, 5.74) is 8.64. The smallest absolute Gasteiger partial charge is 0.271 e. The summed E-state index contributed by atoms with van der Waals surface area (Å²) in [5, 5.41) is 4.12. The number of hydrazone groups is 1. The van der Waals surface area contributed by atoms with Crippen LogP contribution >= 0.6 is 15.9 Å². The highest BCUT2D eigenvalue weighted by atomic mass is 79.9. The Kier molecular flexibility index (Phi) is 5.38. The van der Waals surface area contributed by atoms with Crippen LogP contribution in [-0.2, 0) is 0 Å². The molecule has 1 heterocycles. The number of aromatic nitrogens is 1. The summed E-state index contributed by atoms with van der Waals surface area (Å²) >= 11 is 3.36. The molecule has 1 aromatic heterocycles. The number of nitrogens with one attached hydrogen (secondary N) is 1. The van der Waals surface area contributed by atoms with Gasteiger partial charge in [0.2, 0.25) is 0 Å². The van der Waals surface area contributed by atoms with Gasteiger partial charge in [0.15, 0.2) is 0 Å². The number of hydrogen-bond donors (Lipinski definition) is 1. The van der Waals surface area contributed by atoms with Gasteiger partial charge in [-0.3, -0.25) is 4.79 Å². The van der Waals surface area contributed by atoms with Gasteiger partial charge in [-0.05, 0) is 57.2 Å². The van der Waals surface area contributed by atoms with Gasteiger partial charge in [0.1, 0.15) is 0 Å². The van der Waals surface area contributed by atoms with Crippen LogP contribution in [0.4, 0.5) is 0 Å². The van der Waals surface area contributed by atoms with Gasteiger partial charge in [0.05, 0.1) is 6.21 Å². The second kappa shape index (κ2) is 7.70. The van der Waals surface area contributed by atoms with Crippen LogP contribution in [0.1, 0.15) is 32.9 Å². The van der Waals surface area contributed by atoms with E-state index in [4.69, 9.17) is 0 Å². The van der Waals surface area contributed by atoms with Gasteiger partial charge >= 0.3 is 0 Å². The average molecular weight is 410 g/mol. The van der Waals surface area contributed by atoms with Crippen LogP contribution in [0.15, 0.2) is 64.2 Å². The zero-order valence-electron chi connectivity index (χ0n) is 15.0. The van der Waals surface area contributed by atoms with Gasteiger partial charge < -0.3 is 4.57 Å². The molecular weight excluding hydrogens is 390 g/mol. The minimum absolute atomic E-state index is 0.241. The summed E-state index contributed by atoms with van der Waals surface area (Å²) in [5.74, 6) is -0.241. The van der Waals surface area contributed by atoms with Crippen molar-refractivity contribution in [1.82, 2.24) is 9.99 Å². The molecule has 4 nitrogen and oxygen atoms in total.